The molecule has 1 aliphatic heterocycles. The van der Waals surface area contributed by atoms with E-state index < -0.39 is 11.4 Å². The van der Waals surface area contributed by atoms with E-state index in [9.17, 15) is 14.4 Å². The van der Waals surface area contributed by atoms with Crippen LogP contribution in [0, 0.1) is 14.9 Å². The third-order valence-corrected chi connectivity index (χ3v) is 12.1. The molecule has 0 spiro atoms. The lowest BCUT2D eigenvalue weighted by Crippen LogP contribution is -2.56. The number of halogens is 2. The normalized spacial score (nSPS) is 15.0. The first-order valence-electron chi connectivity index (χ1n) is 17.7. The molecule has 266 valence electrons. The highest BCUT2D eigenvalue weighted by molar-refractivity contribution is 14.1. The first-order valence-corrected chi connectivity index (χ1v) is 19.7. The van der Waals surface area contributed by atoms with Crippen molar-refractivity contribution in [3.05, 3.63) is 189 Å². The highest BCUT2D eigenvalue weighted by atomic mass is 127. The largest absolute Gasteiger partial charge is 0.329 e. The maximum Gasteiger partial charge on any atom is 0.241 e. The second kappa shape index (κ2) is 16.9. The number of benzene rings is 5. The van der Waals surface area contributed by atoms with Gasteiger partial charge in [0.05, 0.1) is 34.9 Å². The lowest BCUT2D eigenvalue weighted by Gasteiger charge is -2.42. The van der Waals surface area contributed by atoms with E-state index in [2.05, 4.69) is 134 Å². The van der Waals surface area contributed by atoms with Crippen LogP contribution in [0.1, 0.15) is 45.5 Å². The average molecular weight is 832 g/mol. The molecule has 9 heteroatoms. The fourth-order valence-electron chi connectivity index (χ4n) is 7.22. The summed E-state index contributed by atoms with van der Waals surface area (Å²) in [5, 5.41) is 9.25. The number of alkyl halides is 1. The van der Waals surface area contributed by atoms with Gasteiger partial charge in [0.1, 0.15) is 6.67 Å². The first-order chi connectivity index (χ1) is 26.0. The molecule has 5 aromatic carbocycles. The monoisotopic (exact) mass is 831 g/mol. The minimum atomic E-state index is -0.582. The van der Waals surface area contributed by atoms with E-state index in [1.807, 2.05) is 65.6 Å². The van der Waals surface area contributed by atoms with Crippen LogP contribution in [0.25, 0.3) is 0 Å². The number of imidazole rings is 1. The molecule has 6 nitrogen and oxygen atoms in total. The van der Waals surface area contributed by atoms with Crippen LogP contribution in [0.3, 0.4) is 0 Å². The van der Waals surface area contributed by atoms with Gasteiger partial charge in [-0.05, 0) is 92.9 Å². The van der Waals surface area contributed by atoms with Crippen molar-refractivity contribution in [2.45, 2.75) is 37.0 Å². The SMILES string of the molecule is N#Cc1ccc(Cn2cncc2CN2CC(=O)N(c3cc(I)cc(CF)c3)C[C@@H]2CCSC(c2ccccc2)(c2ccccc2)c2ccccc2)cc1. The predicted molar refractivity (Wildman–Crippen MR) is 219 cm³/mol. The number of hydrogen-bond donors (Lipinski definition) is 0. The van der Waals surface area contributed by atoms with Crippen LogP contribution in [0.4, 0.5) is 10.1 Å². The summed E-state index contributed by atoms with van der Waals surface area (Å²) in [6, 6.07) is 47.5. The number of piperazine rings is 1. The first kappa shape index (κ1) is 36.6. The summed E-state index contributed by atoms with van der Waals surface area (Å²) in [6.45, 7) is 1.30. The van der Waals surface area contributed by atoms with Crippen molar-refractivity contribution in [2.75, 3.05) is 23.7 Å². The highest BCUT2D eigenvalue weighted by Gasteiger charge is 2.38. The molecule has 1 aromatic heterocycles. The summed E-state index contributed by atoms with van der Waals surface area (Å²) >= 11 is 4.13. The maximum absolute atomic E-state index is 13.9. The van der Waals surface area contributed by atoms with Gasteiger partial charge in [0.25, 0.3) is 0 Å². The van der Waals surface area contributed by atoms with Crippen LogP contribution in [-0.2, 0) is 29.3 Å². The third kappa shape index (κ3) is 8.25. The number of rotatable bonds is 13. The molecule has 7 rings (SSSR count). The van der Waals surface area contributed by atoms with Crippen molar-refractivity contribution >= 4 is 45.9 Å². The summed E-state index contributed by atoms with van der Waals surface area (Å²) in [6.07, 6.45) is 4.52. The van der Waals surface area contributed by atoms with Gasteiger partial charge < -0.3 is 9.47 Å². The van der Waals surface area contributed by atoms with Gasteiger partial charge in [-0.2, -0.15) is 5.26 Å². The third-order valence-electron chi connectivity index (χ3n) is 9.87. The van der Waals surface area contributed by atoms with Gasteiger partial charge in [0.2, 0.25) is 5.91 Å². The number of aromatic nitrogens is 2. The van der Waals surface area contributed by atoms with Crippen molar-refractivity contribution in [3.8, 4) is 6.07 Å². The number of carbonyl (C=O) groups is 1. The molecular weight excluding hydrogens is 792 g/mol. The van der Waals surface area contributed by atoms with E-state index in [0.29, 0.717) is 30.8 Å². The Bertz CT molecular complexity index is 2080. The summed E-state index contributed by atoms with van der Waals surface area (Å²) in [5.41, 5.74) is 7.65. The number of thioether (sulfide) groups is 1. The number of nitrogens with zero attached hydrogens (tertiary/aromatic N) is 5. The molecule has 53 heavy (non-hydrogen) atoms. The lowest BCUT2D eigenvalue weighted by molar-refractivity contribution is -0.122. The minimum absolute atomic E-state index is 0.00827. The quantitative estimate of drug-likeness (QED) is 0.0859. The minimum Gasteiger partial charge on any atom is -0.329 e. The zero-order valence-electron chi connectivity index (χ0n) is 29.2. The van der Waals surface area contributed by atoms with Crippen LogP contribution in [0.15, 0.2) is 146 Å². The molecule has 1 amide bonds. The second-order valence-corrected chi connectivity index (χ2v) is 15.8. The Kier molecular flexibility index (Phi) is 11.7. The van der Waals surface area contributed by atoms with E-state index in [1.54, 1.807) is 6.07 Å². The number of carbonyl (C=O) groups excluding carboxylic acids is 1. The van der Waals surface area contributed by atoms with Crippen molar-refractivity contribution in [3.63, 3.8) is 0 Å². The Balaban J connectivity index is 1.20. The molecule has 0 bridgehead atoms. The highest BCUT2D eigenvalue weighted by Crippen LogP contribution is 2.49. The molecule has 0 unspecified atom stereocenters. The number of hydrogen-bond acceptors (Lipinski definition) is 5. The second-order valence-electron chi connectivity index (χ2n) is 13.3. The number of amides is 1. The van der Waals surface area contributed by atoms with E-state index in [0.717, 1.165) is 32.7 Å². The molecule has 2 heterocycles. The van der Waals surface area contributed by atoms with Gasteiger partial charge in [0, 0.05) is 41.1 Å². The zero-order valence-corrected chi connectivity index (χ0v) is 32.2. The standard InChI is InChI=1S/C44H39FIN5OS/c45-25-35-22-39(46)24-41(23-35)51-30-40(49(31-43(51)52)29-42-27-48-32-50(42)28-34-18-16-33(26-47)17-19-34)20-21-53-44(36-10-4-1-5-11-36,37-12-6-2-7-13-37)38-14-8-3-9-15-38/h1-19,22-24,27,32,40H,20-21,25,28-31H2/t40-/m0/s1. The van der Waals surface area contributed by atoms with Crippen molar-refractivity contribution < 1.29 is 9.18 Å². The van der Waals surface area contributed by atoms with Gasteiger partial charge in [-0.25, -0.2) is 9.37 Å². The molecule has 1 aliphatic rings. The van der Waals surface area contributed by atoms with Gasteiger partial charge in [-0.3, -0.25) is 9.69 Å². The van der Waals surface area contributed by atoms with Crippen LogP contribution in [0.2, 0.25) is 0 Å². The van der Waals surface area contributed by atoms with Gasteiger partial charge >= 0.3 is 0 Å². The summed E-state index contributed by atoms with van der Waals surface area (Å²) < 4.78 is 16.5. The van der Waals surface area contributed by atoms with E-state index in [4.69, 9.17) is 0 Å². The lowest BCUT2D eigenvalue weighted by atomic mass is 9.84. The molecule has 0 N–H and O–H groups in total. The fourth-order valence-corrected chi connectivity index (χ4v) is 9.54. The average Bonchev–Trinajstić information content (AvgIpc) is 3.64. The maximum atomic E-state index is 13.9. The Labute approximate surface area is 328 Å². The molecule has 1 saturated heterocycles. The zero-order chi connectivity index (χ0) is 36.6. The summed E-state index contributed by atoms with van der Waals surface area (Å²) in [7, 11) is 0. The van der Waals surface area contributed by atoms with E-state index in [-0.39, 0.29) is 18.5 Å². The molecule has 0 aliphatic carbocycles. The van der Waals surface area contributed by atoms with Crippen LogP contribution < -0.4 is 4.90 Å². The molecular formula is C44H39FIN5OS. The topological polar surface area (TPSA) is 65.2 Å². The van der Waals surface area contributed by atoms with Crippen LogP contribution in [0.5, 0.6) is 0 Å². The summed E-state index contributed by atoms with van der Waals surface area (Å²) in [4.78, 5) is 22.6. The van der Waals surface area contributed by atoms with E-state index >= 15 is 0 Å². The van der Waals surface area contributed by atoms with Gasteiger partial charge in [0.15, 0.2) is 0 Å². The van der Waals surface area contributed by atoms with Gasteiger partial charge in [-0.15, -0.1) is 11.8 Å². The Morgan fingerprint density at radius 1 is 0.830 bits per heavy atom. The molecule has 6 aromatic rings. The predicted octanol–water partition coefficient (Wildman–Crippen LogP) is 9.21. The van der Waals surface area contributed by atoms with Crippen molar-refractivity contribution in [1.82, 2.24) is 14.5 Å². The fraction of sp³-hybridized carbons (Fsp3) is 0.205. The number of nitriles is 1. The smallest absolute Gasteiger partial charge is 0.241 e. The Hall–Kier alpha value is -4.76. The van der Waals surface area contributed by atoms with Crippen LogP contribution >= 0.6 is 34.4 Å². The van der Waals surface area contributed by atoms with Crippen molar-refractivity contribution in [1.29, 1.82) is 5.26 Å². The van der Waals surface area contributed by atoms with Gasteiger partial charge in [-0.1, -0.05) is 103 Å². The molecule has 1 atom stereocenters. The van der Waals surface area contributed by atoms with Crippen LogP contribution in [-0.4, -0.2) is 45.2 Å². The molecule has 1 fully saturated rings. The Morgan fingerprint density at radius 2 is 1.45 bits per heavy atom. The van der Waals surface area contributed by atoms with Crippen molar-refractivity contribution in [2.24, 2.45) is 0 Å². The van der Waals surface area contributed by atoms with E-state index in [1.165, 1.54) is 16.7 Å². The number of anilines is 1. The summed E-state index contributed by atoms with van der Waals surface area (Å²) in [5.74, 6) is 0.806. The Morgan fingerprint density at radius 3 is 2.04 bits per heavy atom. The molecule has 0 saturated carbocycles. The molecule has 0 radical (unpaired) electrons.